The number of rotatable bonds is 5. The van der Waals surface area contributed by atoms with E-state index in [-0.39, 0.29) is 5.56 Å². The first-order valence-electron chi connectivity index (χ1n) is 7.62. The van der Waals surface area contributed by atoms with Crippen LogP contribution in [-0.4, -0.2) is 41.1 Å². The predicted molar refractivity (Wildman–Crippen MR) is 103 cm³/mol. The lowest BCUT2D eigenvalue weighted by molar-refractivity contribution is 0.0601. The van der Waals surface area contributed by atoms with Crippen LogP contribution >= 0.6 is 23.6 Å². The summed E-state index contributed by atoms with van der Waals surface area (Å²) in [5, 5.41) is 11.0. The van der Waals surface area contributed by atoms with Crippen molar-refractivity contribution in [2.45, 2.75) is 20.4 Å². The summed E-state index contributed by atoms with van der Waals surface area (Å²) in [6.07, 6.45) is 1.90. The largest absolute Gasteiger partial charge is 0.465 e. The van der Waals surface area contributed by atoms with Crippen LogP contribution in [0.5, 0.6) is 0 Å². The summed E-state index contributed by atoms with van der Waals surface area (Å²) in [4.78, 5) is 24.3. The summed E-state index contributed by atoms with van der Waals surface area (Å²) < 4.78 is 11.3. The number of nitrogens with one attached hydrogen (secondary N) is 2. The molecule has 0 saturated carbocycles. The van der Waals surface area contributed by atoms with Crippen molar-refractivity contribution in [3.05, 3.63) is 33.5 Å². The van der Waals surface area contributed by atoms with Crippen molar-refractivity contribution >= 4 is 45.6 Å². The minimum Gasteiger partial charge on any atom is -0.465 e. The maximum atomic E-state index is 12.1. The van der Waals surface area contributed by atoms with Gasteiger partial charge in [0.2, 0.25) is 0 Å². The standard InChI is InChI=1S/C16H20N4O4S2/c1-8-11(14(21)23-4)13(26-12(8)15(22)24-5)18-16(25)17-6-10-7-20(3)19-9(10)2/h7H,6H2,1-5H3,(H2,17,18,25). The lowest BCUT2D eigenvalue weighted by Crippen LogP contribution is -2.28. The van der Waals surface area contributed by atoms with Crippen LogP contribution in [0.1, 0.15) is 36.9 Å². The van der Waals surface area contributed by atoms with E-state index >= 15 is 0 Å². The molecule has 10 heteroatoms. The maximum absolute atomic E-state index is 12.1. The molecular weight excluding hydrogens is 376 g/mol. The Balaban J connectivity index is 2.19. The molecule has 0 spiro atoms. The number of esters is 2. The fourth-order valence-electron chi connectivity index (χ4n) is 2.38. The number of aromatic nitrogens is 2. The van der Waals surface area contributed by atoms with Crippen molar-refractivity contribution in [1.82, 2.24) is 15.1 Å². The van der Waals surface area contributed by atoms with Gasteiger partial charge < -0.3 is 20.1 Å². The van der Waals surface area contributed by atoms with Gasteiger partial charge in [0.25, 0.3) is 0 Å². The number of hydrogen-bond donors (Lipinski definition) is 2. The third-order valence-corrected chi connectivity index (χ3v) is 5.12. The Kier molecular flexibility index (Phi) is 6.32. The topological polar surface area (TPSA) is 94.5 Å². The number of ether oxygens (including phenoxy) is 2. The highest BCUT2D eigenvalue weighted by atomic mass is 32.1. The van der Waals surface area contributed by atoms with E-state index in [9.17, 15) is 9.59 Å². The molecule has 0 atom stereocenters. The van der Waals surface area contributed by atoms with Crippen LogP contribution < -0.4 is 10.6 Å². The van der Waals surface area contributed by atoms with Gasteiger partial charge in [-0.2, -0.15) is 5.10 Å². The summed E-state index contributed by atoms with van der Waals surface area (Å²) in [6, 6.07) is 0. The lowest BCUT2D eigenvalue weighted by Gasteiger charge is -2.10. The zero-order valence-corrected chi connectivity index (χ0v) is 16.8. The number of anilines is 1. The highest BCUT2D eigenvalue weighted by Crippen LogP contribution is 2.34. The highest BCUT2D eigenvalue weighted by Gasteiger charge is 2.26. The average molecular weight is 396 g/mol. The highest BCUT2D eigenvalue weighted by molar-refractivity contribution is 7.80. The molecule has 0 aliphatic heterocycles. The Morgan fingerprint density at radius 3 is 2.46 bits per heavy atom. The van der Waals surface area contributed by atoms with Crippen LogP contribution in [0, 0.1) is 13.8 Å². The second kappa shape index (κ2) is 8.28. The van der Waals surface area contributed by atoms with E-state index in [1.165, 1.54) is 14.2 Å². The number of aryl methyl sites for hydroxylation is 2. The van der Waals surface area contributed by atoms with E-state index in [4.69, 9.17) is 21.7 Å². The molecule has 0 aliphatic rings. The Bertz CT molecular complexity index is 857. The van der Waals surface area contributed by atoms with Gasteiger partial charge in [0.05, 0.1) is 25.5 Å². The summed E-state index contributed by atoms with van der Waals surface area (Å²) in [6.45, 7) is 4.05. The van der Waals surface area contributed by atoms with Crippen molar-refractivity contribution in [2.75, 3.05) is 19.5 Å². The molecule has 0 bridgehead atoms. The van der Waals surface area contributed by atoms with Crippen LogP contribution in [0.4, 0.5) is 5.00 Å². The lowest BCUT2D eigenvalue weighted by atomic mass is 10.1. The molecule has 0 aromatic carbocycles. The minimum atomic E-state index is -0.553. The SMILES string of the molecule is COC(=O)c1sc(NC(=S)NCc2cn(C)nc2C)c(C(=O)OC)c1C. The number of methoxy groups -OCH3 is 2. The van der Waals surface area contributed by atoms with Gasteiger partial charge in [0.15, 0.2) is 5.11 Å². The van der Waals surface area contributed by atoms with E-state index in [1.807, 2.05) is 20.2 Å². The molecule has 0 aliphatic carbocycles. The zero-order valence-electron chi connectivity index (χ0n) is 15.1. The molecule has 0 fully saturated rings. The Morgan fingerprint density at radius 1 is 1.27 bits per heavy atom. The van der Waals surface area contributed by atoms with E-state index in [0.29, 0.717) is 27.1 Å². The molecule has 26 heavy (non-hydrogen) atoms. The van der Waals surface area contributed by atoms with Crippen LogP contribution in [0.3, 0.4) is 0 Å². The van der Waals surface area contributed by atoms with Gasteiger partial charge in [-0.05, 0) is 31.6 Å². The van der Waals surface area contributed by atoms with E-state index < -0.39 is 11.9 Å². The third-order valence-electron chi connectivity index (χ3n) is 3.69. The second-order valence-corrected chi connectivity index (χ2v) is 6.89. The smallest absolute Gasteiger partial charge is 0.348 e. The van der Waals surface area contributed by atoms with Crippen LogP contribution in [0.2, 0.25) is 0 Å². The number of carbonyl (C=O) groups excluding carboxylic acids is 2. The van der Waals surface area contributed by atoms with Gasteiger partial charge >= 0.3 is 11.9 Å². The summed E-state index contributed by atoms with van der Waals surface area (Å²) in [5.74, 6) is -1.07. The predicted octanol–water partition coefficient (Wildman–Crippen LogP) is 2.16. The van der Waals surface area contributed by atoms with Crippen LogP contribution in [0.25, 0.3) is 0 Å². The fraction of sp³-hybridized carbons (Fsp3) is 0.375. The van der Waals surface area contributed by atoms with Gasteiger partial charge in [-0.15, -0.1) is 11.3 Å². The molecule has 0 saturated heterocycles. The first-order chi connectivity index (χ1) is 12.3. The Labute approximate surface area is 160 Å². The Morgan fingerprint density at radius 2 is 1.92 bits per heavy atom. The van der Waals surface area contributed by atoms with Gasteiger partial charge in [-0.3, -0.25) is 4.68 Å². The molecule has 0 unspecified atom stereocenters. The zero-order chi connectivity index (χ0) is 19.4. The number of carbonyl (C=O) groups is 2. The van der Waals surface area contributed by atoms with Crippen molar-refractivity contribution < 1.29 is 19.1 Å². The second-order valence-electron chi connectivity index (χ2n) is 5.46. The molecule has 2 heterocycles. The van der Waals surface area contributed by atoms with E-state index in [0.717, 1.165) is 22.6 Å². The molecule has 2 N–H and O–H groups in total. The van der Waals surface area contributed by atoms with E-state index in [1.54, 1.807) is 11.6 Å². The van der Waals surface area contributed by atoms with Crippen molar-refractivity contribution in [1.29, 1.82) is 0 Å². The minimum absolute atomic E-state index is 0.264. The molecule has 2 aromatic rings. The maximum Gasteiger partial charge on any atom is 0.348 e. The normalized spacial score (nSPS) is 10.3. The first kappa shape index (κ1) is 19.9. The monoisotopic (exact) mass is 396 g/mol. The number of thiophene rings is 1. The third kappa shape index (κ3) is 4.20. The van der Waals surface area contributed by atoms with Gasteiger partial charge in [-0.1, -0.05) is 0 Å². The van der Waals surface area contributed by atoms with Crippen molar-refractivity contribution in [3.8, 4) is 0 Å². The molecule has 8 nitrogen and oxygen atoms in total. The molecular formula is C16H20N4O4S2. The number of nitrogens with zero attached hydrogens (tertiary/aromatic N) is 2. The van der Waals surface area contributed by atoms with Gasteiger partial charge in [0.1, 0.15) is 9.88 Å². The summed E-state index contributed by atoms with van der Waals surface area (Å²) in [7, 11) is 4.41. The quantitative estimate of drug-likeness (QED) is 0.587. The molecule has 140 valence electrons. The molecule has 2 aromatic heterocycles. The summed E-state index contributed by atoms with van der Waals surface area (Å²) in [5.41, 5.74) is 2.65. The molecule has 0 radical (unpaired) electrons. The fourth-order valence-corrected chi connectivity index (χ4v) is 3.74. The molecule has 2 rings (SSSR count). The summed E-state index contributed by atoms with van der Waals surface area (Å²) >= 11 is 6.39. The number of hydrogen-bond acceptors (Lipinski definition) is 7. The van der Waals surface area contributed by atoms with Crippen molar-refractivity contribution in [2.24, 2.45) is 7.05 Å². The Hall–Kier alpha value is -2.46. The van der Waals surface area contributed by atoms with Crippen molar-refractivity contribution in [3.63, 3.8) is 0 Å². The van der Waals surface area contributed by atoms with Gasteiger partial charge in [0, 0.05) is 25.4 Å². The first-order valence-corrected chi connectivity index (χ1v) is 8.84. The van der Waals surface area contributed by atoms with Gasteiger partial charge in [-0.25, -0.2) is 9.59 Å². The average Bonchev–Trinajstić information content (AvgIpc) is 3.10. The molecule has 0 amide bonds. The van der Waals surface area contributed by atoms with Crippen LogP contribution in [-0.2, 0) is 23.1 Å². The number of thiocarbonyl (C=S) groups is 1. The van der Waals surface area contributed by atoms with E-state index in [2.05, 4.69) is 15.7 Å². The van der Waals surface area contributed by atoms with Crippen LogP contribution in [0.15, 0.2) is 6.20 Å².